The summed E-state index contributed by atoms with van der Waals surface area (Å²) in [4.78, 5) is 17.5. The molecule has 2 heterocycles. The molecule has 0 aliphatic heterocycles. The monoisotopic (exact) mass is 532 g/mol. The van der Waals surface area contributed by atoms with Crippen molar-refractivity contribution in [2.24, 2.45) is 0 Å². The lowest BCUT2D eigenvalue weighted by Crippen LogP contribution is -2.10. The molecule has 8 heteroatoms. The smallest absolute Gasteiger partial charge is 0.291 e. The first-order chi connectivity index (χ1) is 17.5. The van der Waals surface area contributed by atoms with Crippen LogP contribution in [0, 0.1) is 0 Å². The van der Waals surface area contributed by atoms with Gasteiger partial charge in [-0.05, 0) is 60.0 Å². The number of oxazole rings is 1. The van der Waals surface area contributed by atoms with Gasteiger partial charge in [0.25, 0.3) is 5.91 Å². The quantitative estimate of drug-likeness (QED) is 0.245. The van der Waals surface area contributed by atoms with Crippen LogP contribution >= 0.6 is 34.8 Å². The summed E-state index contributed by atoms with van der Waals surface area (Å²) in [6, 6.07) is 25.3. The van der Waals surface area contributed by atoms with Crippen LogP contribution < -0.4 is 5.32 Å². The number of carbonyl (C=O) groups is 1. The summed E-state index contributed by atoms with van der Waals surface area (Å²) in [6.07, 6.45) is 0. The SMILES string of the molecule is O=C(Nc1ccc2oc(-c3cccc4c(Cl)cccc34)nc2c1)c1ccc(-c2cccc(Cl)c2Cl)o1. The third-order valence-electron chi connectivity index (χ3n) is 5.79. The van der Waals surface area contributed by atoms with Crippen LogP contribution in [-0.2, 0) is 0 Å². The molecule has 0 radical (unpaired) electrons. The highest BCUT2D eigenvalue weighted by Crippen LogP contribution is 2.35. The highest BCUT2D eigenvalue weighted by atomic mass is 35.5. The van der Waals surface area contributed by atoms with E-state index in [-0.39, 0.29) is 5.76 Å². The van der Waals surface area contributed by atoms with Crippen molar-refractivity contribution in [3.8, 4) is 22.8 Å². The van der Waals surface area contributed by atoms with Crippen molar-refractivity contribution in [1.29, 1.82) is 0 Å². The van der Waals surface area contributed by atoms with Gasteiger partial charge in [-0.25, -0.2) is 4.98 Å². The van der Waals surface area contributed by atoms with Crippen LogP contribution in [0.2, 0.25) is 15.1 Å². The number of nitrogens with one attached hydrogen (secondary N) is 1. The molecule has 5 nitrogen and oxygen atoms in total. The molecule has 6 rings (SSSR count). The number of hydrogen-bond acceptors (Lipinski definition) is 4. The zero-order chi connectivity index (χ0) is 24.8. The van der Waals surface area contributed by atoms with Crippen LogP contribution in [-0.4, -0.2) is 10.9 Å². The van der Waals surface area contributed by atoms with Crippen LogP contribution in [0.1, 0.15) is 10.6 Å². The molecule has 0 saturated carbocycles. The summed E-state index contributed by atoms with van der Waals surface area (Å²) in [5.74, 6) is 0.635. The van der Waals surface area contributed by atoms with Crippen molar-refractivity contribution in [2.45, 2.75) is 0 Å². The molecule has 176 valence electrons. The van der Waals surface area contributed by atoms with Crippen LogP contribution in [0.4, 0.5) is 5.69 Å². The Bertz CT molecular complexity index is 1790. The first-order valence-corrected chi connectivity index (χ1v) is 12.0. The van der Waals surface area contributed by atoms with Gasteiger partial charge in [0.15, 0.2) is 11.3 Å². The number of amides is 1. The Labute approximate surface area is 220 Å². The van der Waals surface area contributed by atoms with E-state index >= 15 is 0 Å². The van der Waals surface area contributed by atoms with Gasteiger partial charge in [0.1, 0.15) is 11.3 Å². The van der Waals surface area contributed by atoms with Gasteiger partial charge in [-0.3, -0.25) is 4.79 Å². The molecular formula is C28H15Cl3N2O3. The second kappa shape index (κ2) is 9.03. The van der Waals surface area contributed by atoms with Crippen molar-refractivity contribution in [3.63, 3.8) is 0 Å². The van der Waals surface area contributed by atoms with Gasteiger partial charge in [-0.1, -0.05) is 65.1 Å². The van der Waals surface area contributed by atoms with Crippen molar-refractivity contribution in [2.75, 3.05) is 5.32 Å². The van der Waals surface area contributed by atoms with E-state index in [4.69, 9.17) is 43.6 Å². The van der Waals surface area contributed by atoms with Crippen LogP contribution in [0.15, 0.2) is 93.8 Å². The standard InChI is InChI=1S/C28H15Cl3N2O3/c29-20-8-2-4-16-17(20)5-1-6-18(16)28-33-22-14-15(10-11-24(22)36-28)32-27(34)25-13-12-23(35-25)19-7-3-9-21(30)26(19)31/h1-14H,(H,32,34). The molecule has 0 atom stereocenters. The topological polar surface area (TPSA) is 68.3 Å². The van der Waals surface area contributed by atoms with Crippen molar-refractivity contribution >= 4 is 68.3 Å². The lowest BCUT2D eigenvalue weighted by atomic mass is 10.0. The van der Waals surface area contributed by atoms with Gasteiger partial charge in [-0.2, -0.15) is 0 Å². The maximum atomic E-state index is 12.8. The Morgan fingerprint density at radius 2 is 1.50 bits per heavy atom. The predicted molar refractivity (Wildman–Crippen MR) is 144 cm³/mol. The molecule has 4 aromatic carbocycles. The lowest BCUT2D eigenvalue weighted by molar-refractivity contribution is 0.0997. The fraction of sp³-hybridized carbons (Fsp3) is 0. The molecule has 1 amide bonds. The first-order valence-electron chi connectivity index (χ1n) is 10.9. The summed E-state index contributed by atoms with van der Waals surface area (Å²) in [6.45, 7) is 0. The van der Waals surface area contributed by atoms with E-state index in [0.29, 0.717) is 49.1 Å². The molecule has 0 spiro atoms. The van der Waals surface area contributed by atoms with Crippen LogP contribution in [0.25, 0.3) is 44.7 Å². The minimum Gasteiger partial charge on any atom is -0.451 e. The number of hydrogen-bond donors (Lipinski definition) is 1. The van der Waals surface area contributed by atoms with Crippen molar-refractivity contribution < 1.29 is 13.6 Å². The second-order valence-electron chi connectivity index (χ2n) is 8.06. The fourth-order valence-electron chi connectivity index (χ4n) is 4.07. The summed E-state index contributed by atoms with van der Waals surface area (Å²) in [5, 5.41) is 6.13. The van der Waals surface area contributed by atoms with Gasteiger partial charge in [-0.15, -0.1) is 0 Å². The molecule has 0 fully saturated rings. The average Bonchev–Trinajstić information content (AvgIpc) is 3.53. The summed E-state index contributed by atoms with van der Waals surface area (Å²) < 4.78 is 11.8. The Hall–Kier alpha value is -3.77. The van der Waals surface area contributed by atoms with Gasteiger partial charge in [0.05, 0.1) is 10.0 Å². The zero-order valence-corrected chi connectivity index (χ0v) is 20.7. The minimum atomic E-state index is -0.411. The number of furan rings is 1. The zero-order valence-electron chi connectivity index (χ0n) is 18.4. The largest absolute Gasteiger partial charge is 0.451 e. The predicted octanol–water partition coefficient (Wildman–Crippen LogP) is 9.12. The molecular weight excluding hydrogens is 519 g/mol. The fourth-order valence-corrected chi connectivity index (χ4v) is 4.70. The Kier molecular flexibility index (Phi) is 5.69. The number of nitrogens with zero attached hydrogens (tertiary/aromatic N) is 1. The maximum Gasteiger partial charge on any atom is 0.291 e. The van der Waals surface area contributed by atoms with E-state index < -0.39 is 5.91 Å². The number of aromatic nitrogens is 1. The molecule has 0 aliphatic rings. The normalized spacial score (nSPS) is 11.3. The molecule has 0 aliphatic carbocycles. The average molecular weight is 534 g/mol. The minimum absolute atomic E-state index is 0.134. The first kappa shape index (κ1) is 22.7. The van der Waals surface area contributed by atoms with E-state index in [9.17, 15) is 4.79 Å². The van der Waals surface area contributed by atoms with Crippen LogP contribution in [0.3, 0.4) is 0 Å². The molecule has 1 N–H and O–H groups in total. The third-order valence-corrected chi connectivity index (χ3v) is 6.94. The Morgan fingerprint density at radius 1 is 0.750 bits per heavy atom. The highest BCUT2D eigenvalue weighted by molar-refractivity contribution is 6.43. The summed E-state index contributed by atoms with van der Waals surface area (Å²) >= 11 is 18.7. The Morgan fingerprint density at radius 3 is 2.39 bits per heavy atom. The molecule has 0 bridgehead atoms. The highest BCUT2D eigenvalue weighted by Gasteiger charge is 2.17. The van der Waals surface area contributed by atoms with Gasteiger partial charge < -0.3 is 14.2 Å². The Balaban J connectivity index is 1.28. The maximum absolute atomic E-state index is 12.8. The second-order valence-corrected chi connectivity index (χ2v) is 9.25. The van der Waals surface area contributed by atoms with Crippen molar-refractivity contribution in [3.05, 3.63) is 106 Å². The van der Waals surface area contributed by atoms with E-state index in [1.807, 2.05) is 36.4 Å². The van der Waals surface area contributed by atoms with Crippen molar-refractivity contribution in [1.82, 2.24) is 4.98 Å². The van der Waals surface area contributed by atoms with Gasteiger partial charge in [0.2, 0.25) is 5.89 Å². The van der Waals surface area contributed by atoms with Gasteiger partial charge >= 0.3 is 0 Å². The number of rotatable bonds is 4. The lowest BCUT2D eigenvalue weighted by Gasteiger charge is -2.04. The van der Waals surface area contributed by atoms with E-state index in [2.05, 4.69) is 10.3 Å². The summed E-state index contributed by atoms with van der Waals surface area (Å²) in [7, 11) is 0. The number of fused-ring (bicyclic) bond motifs is 2. The van der Waals surface area contributed by atoms with E-state index in [1.54, 1.807) is 48.5 Å². The molecule has 0 saturated heterocycles. The molecule has 6 aromatic rings. The van der Waals surface area contributed by atoms with E-state index in [0.717, 1.165) is 16.3 Å². The molecule has 2 aromatic heterocycles. The molecule has 0 unspecified atom stereocenters. The number of carbonyl (C=O) groups excluding carboxylic acids is 1. The van der Waals surface area contributed by atoms with E-state index in [1.165, 1.54) is 0 Å². The molecule has 36 heavy (non-hydrogen) atoms. The number of benzene rings is 4. The van der Waals surface area contributed by atoms with Gasteiger partial charge in [0, 0.05) is 27.2 Å². The van der Waals surface area contributed by atoms with Crippen LogP contribution in [0.5, 0.6) is 0 Å². The third kappa shape index (κ3) is 4.01. The summed E-state index contributed by atoms with van der Waals surface area (Å²) in [5.41, 5.74) is 3.19. The number of halogens is 3. The number of anilines is 1.